The van der Waals surface area contributed by atoms with Crippen LogP contribution in [0.15, 0.2) is 35.5 Å². The molecule has 0 bridgehead atoms. The molecule has 0 spiro atoms. The smallest absolute Gasteiger partial charge is 0.334 e. The van der Waals surface area contributed by atoms with Crippen molar-refractivity contribution in [3.63, 3.8) is 0 Å². The molecule has 0 aromatic heterocycles. The number of fused-ring (bicyclic) bond motifs is 1. The van der Waals surface area contributed by atoms with E-state index in [0.717, 1.165) is 11.9 Å². The highest BCUT2D eigenvalue weighted by Gasteiger charge is 2.38. The van der Waals surface area contributed by atoms with E-state index in [1.54, 1.807) is 6.08 Å². The summed E-state index contributed by atoms with van der Waals surface area (Å²) in [6.45, 7) is 5.59. The van der Waals surface area contributed by atoms with E-state index in [4.69, 9.17) is 4.74 Å². The van der Waals surface area contributed by atoms with Gasteiger partial charge in [-0.1, -0.05) is 12.7 Å². The van der Waals surface area contributed by atoms with Crippen LogP contribution < -0.4 is 0 Å². The van der Waals surface area contributed by atoms with Gasteiger partial charge in [0, 0.05) is 11.5 Å². The summed E-state index contributed by atoms with van der Waals surface area (Å²) in [4.78, 5) is 22.6. The molecule has 1 saturated heterocycles. The highest BCUT2D eigenvalue weighted by Crippen LogP contribution is 2.34. The summed E-state index contributed by atoms with van der Waals surface area (Å²) in [5.41, 5.74) is 1.86. The van der Waals surface area contributed by atoms with E-state index < -0.39 is 18.2 Å². The topological polar surface area (TPSA) is 63.6 Å². The Bertz CT molecular complexity index is 473. The first kappa shape index (κ1) is 13.7. The molecule has 19 heavy (non-hydrogen) atoms. The molecule has 4 nitrogen and oxygen atoms in total. The minimum atomic E-state index is -0.607. The lowest BCUT2D eigenvalue weighted by Gasteiger charge is -2.21. The predicted molar refractivity (Wildman–Crippen MR) is 70.3 cm³/mol. The van der Waals surface area contributed by atoms with Crippen molar-refractivity contribution < 1.29 is 19.4 Å². The summed E-state index contributed by atoms with van der Waals surface area (Å²) >= 11 is 0. The van der Waals surface area contributed by atoms with Crippen molar-refractivity contribution >= 4 is 12.3 Å². The van der Waals surface area contributed by atoms with Crippen LogP contribution in [0.5, 0.6) is 0 Å². The van der Waals surface area contributed by atoms with Gasteiger partial charge in [0.25, 0.3) is 0 Å². The number of hydrogen-bond acceptors (Lipinski definition) is 4. The second-order valence-electron chi connectivity index (χ2n) is 5.10. The summed E-state index contributed by atoms with van der Waals surface area (Å²) in [6.07, 6.45) is 5.00. The molecule has 102 valence electrons. The number of esters is 1. The van der Waals surface area contributed by atoms with Gasteiger partial charge in [-0.05, 0) is 43.4 Å². The Balaban J connectivity index is 2.34. The number of rotatable bonds is 1. The van der Waals surface area contributed by atoms with Crippen molar-refractivity contribution in [3.8, 4) is 0 Å². The number of carbonyl (C=O) groups is 2. The van der Waals surface area contributed by atoms with E-state index in [1.165, 1.54) is 0 Å². The van der Waals surface area contributed by atoms with Crippen molar-refractivity contribution in [2.24, 2.45) is 5.92 Å². The van der Waals surface area contributed by atoms with E-state index in [1.807, 2.05) is 13.0 Å². The number of aldehydes is 1. The Morgan fingerprint density at radius 3 is 2.95 bits per heavy atom. The summed E-state index contributed by atoms with van der Waals surface area (Å²) < 4.78 is 5.22. The van der Waals surface area contributed by atoms with E-state index in [9.17, 15) is 14.7 Å². The number of ether oxygens (including phenoxy) is 1. The quantitative estimate of drug-likeness (QED) is 0.338. The standard InChI is InChI=1S/C15H18O4/c1-9-4-3-5-11(8-16)6-14-12(7-13(9)17)10(2)15(18)19-14/h4,6,8,12-14,17H,2-3,5,7H2,1H3/b9-4+,11-6-/t12-,13-,14-/m0/s1. The largest absolute Gasteiger partial charge is 0.454 e. The van der Waals surface area contributed by atoms with E-state index in [-0.39, 0.29) is 5.92 Å². The van der Waals surface area contributed by atoms with Crippen LogP contribution in [0.25, 0.3) is 0 Å². The average Bonchev–Trinajstić information content (AvgIpc) is 2.64. The fourth-order valence-corrected chi connectivity index (χ4v) is 2.48. The average molecular weight is 262 g/mol. The number of aliphatic hydroxyl groups is 1. The van der Waals surface area contributed by atoms with Gasteiger partial charge < -0.3 is 9.84 Å². The van der Waals surface area contributed by atoms with Gasteiger partial charge in [-0.15, -0.1) is 0 Å². The van der Waals surface area contributed by atoms with Crippen LogP contribution in [-0.4, -0.2) is 29.6 Å². The normalized spacial score (nSPS) is 37.5. The second kappa shape index (κ2) is 5.53. The van der Waals surface area contributed by atoms with Crippen LogP contribution in [-0.2, 0) is 14.3 Å². The Morgan fingerprint density at radius 1 is 1.53 bits per heavy atom. The Labute approximate surface area is 112 Å². The van der Waals surface area contributed by atoms with Gasteiger partial charge in [0.1, 0.15) is 12.4 Å². The zero-order valence-electron chi connectivity index (χ0n) is 11.0. The molecule has 1 heterocycles. The van der Waals surface area contributed by atoms with Crippen molar-refractivity contribution in [3.05, 3.63) is 35.5 Å². The first-order chi connectivity index (χ1) is 9.02. The molecule has 0 radical (unpaired) electrons. The maximum absolute atomic E-state index is 11.6. The van der Waals surface area contributed by atoms with E-state index >= 15 is 0 Å². The number of carbonyl (C=O) groups excluding carboxylic acids is 2. The molecule has 3 atom stereocenters. The van der Waals surface area contributed by atoms with Crippen LogP contribution >= 0.6 is 0 Å². The molecule has 4 heteroatoms. The lowest BCUT2D eigenvalue weighted by atomic mass is 9.86. The van der Waals surface area contributed by atoms with Crippen LogP contribution in [0.3, 0.4) is 0 Å². The number of allylic oxidation sites excluding steroid dienone is 2. The van der Waals surface area contributed by atoms with Crippen LogP contribution in [0.1, 0.15) is 26.2 Å². The molecule has 1 fully saturated rings. The zero-order chi connectivity index (χ0) is 14.0. The minimum Gasteiger partial charge on any atom is -0.454 e. The Morgan fingerprint density at radius 2 is 2.26 bits per heavy atom. The van der Waals surface area contributed by atoms with E-state index in [2.05, 4.69) is 6.58 Å². The summed E-state index contributed by atoms with van der Waals surface area (Å²) in [5.74, 6) is -0.705. The molecule has 1 aliphatic carbocycles. The molecule has 1 N–H and O–H groups in total. The van der Waals surface area contributed by atoms with Crippen molar-refractivity contribution in [1.29, 1.82) is 0 Å². The molecule has 1 aliphatic heterocycles. The van der Waals surface area contributed by atoms with Crippen molar-refractivity contribution in [1.82, 2.24) is 0 Å². The summed E-state index contributed by atoms with van der Waals surface area (Å²) in [6, 6.07) is 0. The molecule has 2 aliphatic rings. The molecule has 0 unspecified atom stereocenters. The molecule has 2 rings (SSSR count). The van der Waals surface area contributed by atoms with Crippen molar-refractivity contribution in [2.75, 3.05) is 0 Å². The maximum Gasteiger partial charge on any atom is 0.334 e. The minimum absolute atomic E-state index is 0.265. The zero-order valence-corrected chi connectivity index (χ0v) is 11.0. The highest BCUT2D eigenvalue weighted by molar-refractivity contribution is 5.91. The molecular formula is C15H18O4. The van der Waals surface area contributed by atoms with Crippen LogP contribution in [0.4, 0.5) is 0 Å². The third-order valence-corrected chi connectivity index (χ3v) is 3.78. The Hall–Kier alpha value is -1.68. The lowest BCUT2D eigenvalue weighted by molar-refractivity contribution is -0.137. The third kappa shape index (κ3) is 2.84. The van der Waals surface area contributed by atoms with Crippen molar-refractivity contribution in [2.45, 2.75) is 38.4 Å². The van der Waals surface area contributed by atoms with Gasteiger partial charge in [0.15, 0.2) is 0 Å². The predicted octanol–water partition coefficient (Wildman–Crippen LogP) is 1.70. The van der Waals surface area contributed by atoms with Gasteiger partial charge in [-0.3, -0.25) is 4.79 Å². The monoisotopic (exact) mass is 262 g/mol. The maximum atomic E-state index is 11.6. The first-order valence-electron chi connectivity index (χ1n) is 6.43. The Kier molecular flexibility index (Phi) is 4.00. The van der Waals surface area contributed by atoms with Crippen LogP contribution in [0.2, 0.25) is 0 Å². The second-order valence-corrected chi connectivity index (χ2v) is 5.10. The molecule has 0 aromatic carbocycles. The van der Waals surface area contributed by atoms with Gasteiger partial charge in [0.2, 0.25) is 0 Å². The van der Waals surface area contributed by atoms with Gasteiger partial charge in [-0.25, -0.2) is 4.79 Å². The molecule has 0 aromatic rings. The third-order valence-electron chi connectivity index (χ3n) is 3.78. The van der Waals surface area contributed by atoms with Gasteiger partial charge in [-0.2, -0.15) is 0 Å². The fourth-order valence-electron chi connectivity index (χ4n) is 2.48. The summed E-state index contributed by atoms with van der Waals surface area (Å²) in [7, 11) is 0. The molecule has 0 saturated carbocycles. The number of hydrogen-bond donors (Lipinski definition) is 1. The van der Waals surface area contributed by atoms with Gasteiger partial charge in [0.05, 0.1) is 6.10 Å². The van der Waals surface area contributed by atoms with E-state index in [0.29, 0.717) is 30.4 Å². The van der Waals surface area contributed by atoms with Crippen LogP contribution in [0, 0.1) is 5.92 Å². The van der Waals surface area contributed by atoms with Gasteiger partial charge >= 0.3 is 5.97 Å². The fraction of sp³-hybridized carbons (Fsp3) is 0.467. The highest BCUT2D eigenvalue weighted by atomic mass is 16.6. The SMILES string of the molecule is C=C1C(=O)O[C@H]2/C=C(\C=O)CC/C=C(\C)[C@@H](O)C[C@@H]12. The summed E-state index contributed by atoms with van der Waals surface area (Å²) in [5, 5.41) is 10.1. The first-order valence-corrected chi connectivity index (χ1v) is 6.43. The molecular weight excluding hydrogens is 244 g/mol. The lowest BCUT2D eigenvalue weighted by Crippen LogP contribution is -2.22. The molecule has 0 amide bonds. The number of aliphatic hydroxyl groups excluding tert-OH is 1.